The molecule has 0 aromatic heterocycles. The average molecular weight is 121 g/mol. The molecule has 0 amide bonds. The number of carboxylic acids is 1. The Morgan fingerprint density at radius 3 is 2.50 bits per heavy atom. The van der Waals surface area contributed by atoms with Crippen molar-refractivity contribution in [1.82, 2.24) is 0 Å². The van der Waals surface area contributed by atoms with Crippen molar-refractivity contribution < 1.29 is 17.8 Å². The maximum atomic E-state index is 10.1. The van der Waals surface area contributed by atoms with E-state index in [1.54, 1.807) is 0 Å². The topological polar surface area (TPSA) is 83.6 Å². The van der Waals surface area contributed by atoms with Crippen molar-refractivity contribution in [2.45, 2.75) is 19.1 Å². The molecule has 48 valence electrons. The third kappa shape index (κ3) is 1.90. The van der Waals surface area contributed by atoms with E-state index in [1.165, 1.54) is 6.92 Å². The van der Waals surface area contributed by atoms with Crippen LogP contribution >= 0.6 is 0 Å². The summed E-state index contributed by atoms with van der Waals surface area (Å²) in [4.78, 5) is 10.1. The molecule has 0 saturated heterocycles. The van der Waals surface area contributed by atoms with Gasteiger partial charge >= 0.3 is 5.97 Å². The Labute approximate surface area is 49.9 Å². The second kappa shape index (κ2) is 2.64. The summed E-state index contributed by atoms with van der Waals surface area (Å²) < 4.78 is 13.1. The van der Waals surface area contributed by atoms with Crippen LogP contribution in [0.25, 0.3) is 0 Å². The Morgan fingerprint density at radius 1 is 2.00 bits per heavy atom. The van der Waals surface area contributed by atoms with Gasteiger partial charge in [0.15, 0.2) is 0 Å². The molecule has 0 bridgehead atoms. The van der Waals surface area contributed by atoms with Gasteiger partial charge in [0.1, 0.15) is 8.87 Å². The van der Waals surface area contributed by atoms with E-state index in [1.807, 2.05) is 0 Å². The van der Waals surface area contributed by atoms with E-state index in [0.717, 1.165) is 0 Å². The van der Waals surface area contributed by atoms with Crippen LogP contribution in [0.3, 0.4) is 0 Å². The molecule has 0 aliphatic heterocycles. The van der Waals surface area contributed by atoms with Crippen molar-refractivity contribution in [2.24, 2.45) is 5.72 Å². The number of carbonyl (C=O) groups is 1. The van der Waals surface area contributed by atoms with Crippen molar-refractivity contribution in [2.75, 3.05) is 0 Å². The Kier molecular flexibility index (Phi) is 1.41. The highest BCUT2D eigenvalue weighted by molar-refractivity contribution is 5.73. The molecule has 0 aliphatic rings. The Hall–Kier alpha value is -0.610. The second-order valence-corrected chi connectivity index (χ2v) is 1.52. The highest BCUT2D eigenvalue weighted by Gasteiger charge is 2.16. The lowest BCUT2D eigenvalue weighted by molar-refractivity contribution is -0.140. The number of aliphatic carboxylic acids is 1. The van der Waals surface area contributed by atoms with Gasteiger partial charge < -0.3 is 15.9 Å². The summed E-state index contributed by atoms with van der Waals surface area (Å²) >= 11 is 0. The van der Waals surface area contributed by atoms with Crippen molar-refractivity contribution in [3.63, 3.8) is 0 Å². The molecule has 0 aromatic rings. The van der Waals surface area contributed by atoms with Crippen LogP contribution in [0.4, 0.5) is 0 Å². The number of hydrogen-bond donors (Lipinski definition) is 3. The van der Waals surface area contributed by atoms with Gasteiger partial charge in [0, 0.05) is 0 Å². The first-order valence-corrected chi connectivity index (χ1v) is 2.14. The molecular formula is C4H9NO3. The first-order chi connectivity index (χ1) is 4.46. The van der Waals surface area contributed by atoms with Crippen LogP contribution in [-0.2, 0) is 4.79 Å². The standard InChI is InChI=1S/C4H9NO3/c1-2(6)3(5)4(7)8/h2-3,6H,5H2,1H3,(H,7,8)/t2-,3+/m1/s1/i/hD2. The number of aliphatic hydroxyl groups is 1. The Morgan fingerprint density at radius 2 is 2.50 bits per heavy atom. The van der Waals surface area contributed by atoms with Crippen LogP contribution in [0.1, 0.15) is 6.92 Å². The molecule has 0 radical (unpaired) electrons. The van der Waals surface area contributed by atoms with E-state index in [0.29, 0.717) is 0 Å². The van der Waals surface area contributed by atoms with Crippen molar-refractivity contribution >= 4 is 5.97 Å². The summed E-state index contributed by atoms with van der Waals surface area (Å²) in [6, 6.07) is -1.47. The molecule has 0 fully saturated rings. The van der Waals surface area contributed by atoms with E-state index >= 15 is 0 Å². The minimum absolute atomic E-state index is 0.0347. The molecule has 4 N–H and O–H groups in total. The van der Waals surface area contributed by atoms with Crippen LogP contribution in [0, 0.1) is 0 Å². The molecule has 8 heavy (non-hydrogen) atoms. The number of carboxylic acid groups (broad SMARTS) is 1. The first kappa shape index (κ1) is 4.29. The first-order valence-electron chi connectivity index (χ1n) is 3.04. The Balaban J connectivity index is 4.12. The molecule has 4 heteroatoms. The van der Waals surface area contributed by atoms with E-state index in [4.69, 9.17) is 13.0 Å². The van der Waals surface area contributed by atoms with E-state index in [9.17, 15) is 4.79 Å². The summed E-state index contributed by atoms with van der Waals surface area (Å²) in [7, 11) is 0. The van der Waals surface area contributed by atoms with Gasteiger partial charge in [-0.05, 0) is 6.92 Å². The molecule has 2 atom stereocenters. The summed E-state index contributed by atoms with van der Waals surface area (Å²) in [5.74, 6) is -1.37. The lowest BCUT2D eigenvalue weighted by Gasteiger charge is -2.06. The van der Waals surface area contributed by atoms with Gasteiger partial charge in [-0.1, -0.05) is 0 Å². The predicted molar refractivity (Wildman–Crippen MR) is 27.3 cm³/mol. The normalized spacial score (nSPS) is 21.4. The van der Waals surface area contributed by atoms with E-state index < -0.39 is 18.1 Å². The molecule has 0 aromatic carbocycles. The molecular weight excluding hydrogens is 110 g/mol. The van der Waals surface area contributed by atoms with Crippen molar-refractivity contribution in [1.29, 1.82) is 0 Å². The zero-order chi connectivity index (χ0) is 8.31. The summed E-state index contributed by atoms with van der Waals surface area (Å²) in [6.07, 6.45) is -1.22. The van der Waals surface area contributed by atoms with Crippen LogP contribution in [0.2, 0.25) is 2.82 Å². The van der Waals surface area contributed by atoms with Crippen molar-refractivity contribution in [3.8, 4) is 0 Å². The van der Waals surface area contributed by atoms with Crippen LogP contribution in [0.5, 0.6) is 0 Å². The fraction of sp³-hybridized carbons (Fsp3) is 0.750. The fourth-order valence-corrected chi connectivity index (χ4v) is 0.206. The fourth-order valence-electron chi connectivity index (χ4n) is 0.206. The van der Waals surface area contributed by atoms with Gasteiger partial charge in [0.25, 0.3) is 0 Å². The lowest BCUT2D eigenvalue weighted by atomic mass is 10.2. The van der Waals surface area contributed by atoms with E-state index in [2.05, 4.69) is 0 Å². The molecule has 0 unspecified atom stereocenters. The van der Waals surface area contributed by atoms with Crippen LogP contribution in [0.15, 0.2) is 0 Å². The molecule has 0 heterocycles. The number of hydrogen-bond acceptors (Lipinski definition) is 3. The SMILES string of the molecule is [2H]N([2H])[C@H](C(=O)O)[C@@H](C)O. The maximum absolute atomic E-state index is 10.1. The third-order valence-electron chi connectivity index (χ3n) is 0.710. The highest BCUT2D eigenvalue weighted by atomic mass is 16.4. The van der Waals surface area contributed by atoms with Gasteiger partial charge in [-0.25, -0.2) is 0 Å². The maximum Gasteiger partial charge on any atom is 0.323 e. The van der Waals surface area contributed by atoms with Crippen LogP contribution in [-0.4, -0.2) is 28.3 Å². The number of aliphatic hydroxyl groups excluding tert-OH is 1. The third-order valence-corrected chi connectivity index (χ3v) is 0.710. The number of rotatable bonds is 3. The molecule has 0 spiro atoms. The summed E-state index contributed by atoms with van der Waals surface area (Å²) in [6.45, 7) is 1.22. The average Bonchev–Trinajstić information content (AvgIpc) is 1.59. The molecule has 0 aliphatic carbocycles. The predicted octanol–water partition coefficient (Wildman–Crippen LogP) is -1.22. The smallest absolute Gasteiger partial charge is 0.323 e. The van der Waals surface area contributed by atoms with Gasteiger partial charge in [-0.15, -0.1) is 0 Å². The van der Waals surface area contributed by atoms with Gasteiger partial charge in [0.2, 0.25) is 0 Å². The zero-order valence-electron chi connectivity index (χ0n) is 6.40. The number of nitrogens with two attached hydrogens (primary N) is 1. The lowest BCUT2D eigenvalue weighted by Crippen LogP contribution is -2.39. The molecule has 0 saturated carbocycles. The summed E-state index contributed by atoms with van der Waals surface area (Å²) in [5.41, 5.74) is -0.0347. The molecule has 0 rings (SSSR count). The largest absolute Gasteiger partial charge is 0.480 e. The minimum atomic E-state index is -1.47. The summed E-state index contributed by atoms with van der Waals surface area (Å²) in [5, 5.41) is 17.0. The minimum Gasteiger partial charge on any atom is -0.480 e. The monoisotopic (exact) mass is 121 g/mol. The Bertz CT molecular complexity index is 120. The quantitative estimate of drug-likeness (QED) is 0.437. The zero-order valence-corrected chi connectivity index (χ0v) is 4.40. The van der Waals surface area contributed by atoms with Gasteiger partial charge in [-0.2, -0.15) is 0 Å². The van der Waals surface area contributed by atoms with Crippen LogP contribution < -0.4 is 5.72 Å². The van der Waals surface area contributed by atoms with Crippen molar-refractivity contribution in [3.05, 3.63) is 0 Å². The highest BCUT2D eigenvalue weighted by Crippen LogP contribution is 1.85. The van der Waals surface area contributed by atoms with Gasteiger partial charge in [-0.3, -0.25) is 4.79 Å². The molecule has 4 nitrogen and oxygen atoms in total. The van der Waals surface area contributed by atoms with E-state index in [-0.39, 0.29) is 5.72 Å². The second-order valence-electron chi connectivity index (χ2n) is 1.52. The van der Waals surface area contributed by atoms with Gasteiger partial charge in [0.05, 0.1) is 6.10 Å².